The summed E-state index contributed by atoms with van der Waals surface area (Å²) in [5, 5.41) is 31.4. The van der Waals surface area contributed by atoms with Crippen molar-refractivity contribution in [3.8, 4) is 17.1 Å². The molecular weight excluding hydrogens is 957 g/mol. The van der Waals surface area contributed by atoms with E-state index >= 15 is 0 Å². The first-order chi connectivity index (χ1) is 31.3. The Labute approximate surface area is 405 Å². The Morgan fingerprint density at radius 2 is 1.38 bits per heavy atom. The van der Waals surface area contributed by atoms with Crippen molar-refractivity contribution >= 4 is 116 Å². The standard InChI is InChI=1S/C14H12ClN5O.C14H10ClN5.C8H11FN2.C5H3ClN2O2.CH2Cl2.CH4/c1-3-17-12-7-10(16-2)4-5-11(12)19-14(21)9-6-13(15)20-18-8-9;1-3-20-12-7-10(16-2)4-5-11(12)18-14(20)9-6-13(15)19-17-8-9;1-2-11-8-5-6(9)3-4-7(8)10;6-5-1-4(10-3-9)2-7-8-5;2-1-3;/h4-8,17H,3H2,1H3,(H,19,21);4-8H,3H2,1H3;3-5,11H,2,10H2,1H3;1-3H;1H2;1H4. The maximum absolute atomic E-state index is 12.6. The molecule has 7 aromatic rings. The summed E-state index contributed by atoms with van der Waals surface area (Å²) in [5.41, 5.74) is 12.1. The van der Waals surface area contributed by atoms with E-state index in [4.69, 9.17) is 76.9 Å². The molecule has 0 saturated carbocycles. The van der Waals surface area contributed by atoms with Gasteiger partial charge in [0.1, 0.15) is 11.6 Å². The van der Waals surface area contributed by atoms with Crippen LogP contribution in [0.5, 0.6) is 5.75 Å². The number of amides is 1. The summed E-state index contributed by atoms with van der Waals surface area (Å²) in [4.78, 5) is 33.4. The smallest absolute Gasteiger partial charge is 0.298 e. The molecule has 23 heteroatoms. The molecule has 1 amide bonds. The number of aromatic nitrogens is 8. The summed E-state index contributed by atoms with van der Waals surface area (Å²) in [6.45, 7) is 22.5. The number of nitrogens with two attached hydrogens (primary N) is 1. The van der Waals surface area contributed by atoms with Gasteiger partial charge in [-0.1, -0.05) is 54.4 Å². The van der Waals surface area contributed by atoms with Crippen molar-refractivity contribution in [3.05, 3.63) is 141 Å². The number of nitrogen functional groups attached to an aromatic ring is 1. The number of imidazole rings is 1. The molecule has 4 aromatic heterocycles. The van der Waals surface area contributed by atoms with Crippen LogP contribution in [0, 0.1) is 19.0 Å². The molecule has 4 heterocycles. The molecular formula is C43H42Cl5FN14O3. The van der Waals surface area contributed by atoms with Crippen LogP contribution < -0.4 is 26.4 Å². The van der Waals surface area contributed by atoms with Crippen LogP contribution in [0.15, 0.2) is 91.4 Å². The lowest BCUT2D eigenvalue weighted by Crippen LogP contribution is -2.14. The van der Waals surface area contributed by atoms with Crippen molar-refractivity contribution in [2.24, 2.45) is 0 Å². The van der Waals surface area contributed by atoms with Crippen LogP contribution in [-0.4, -0.2) is 71.0 Å². The fourth-order valence-electron chi connectivity index (χ4n) is 5.21. The van der Waals surface area contributed by atoms with Crippen LogP contribution in [0.2, 0.25) is 15.5 Å². The second-order valence-electron chi connectivity index (χ2n) is 12.1. The number of fused-ring (bicyclic) bond motifs is 1. The molecule has 0 spiro atoms. The Balaban J connectivity index is 0.000000308. The molecule has 0 atom stereocenters. The molecule has 0 aliphatic heterocycles. The number of halogens is 6. The van der Waals surface area contributed by atoms with E-state index in [1.807, 2.05) is 37.5 Å². The normalized spacial score (nSPS) is 9.56. The Kier molecular flexibility index (Phi) is 24.7. The zero-order valence-electron chi connectivity index (χ0n) is 34.6. The molecule has 0 bridgehead atoms. The minimum absolute atomic E-state index is 0. The molecule has 0 aliphatic rings. The number of carbonyl (C=O) groups is 2. The highest BCUT2D eigenvalue weighted by molar-refractivity contribution is 6.40. The van der Waals surface area contributed by atoms with E-state index in [-0.39, 0.29) is 40.5 Å². The van der Waals surface area contributed by atoms with Gasteiger partial charge in [0.2, 0.25) is 0 Å². The number of aryl methyl sites for hydroxylation is 1. The lowest BCUT2D eigenvalue weighted by Gasteiger charge is -2.12. The molecule has 17 nitrogen and oxygen atoms in total. The number of benzene rings is 3. The molecule has 5 N–H and O–H groups in total. The Bertz CT molecular complexity index is 2750. The van der Waals surface area contributed by atoms with E-state index < -0.39 is 0 Å². The van der Waals surface area contributed by atoms with Crippen LogP contribution in [0.3, 0.4) is 0 Å². The van der Waals surface area contributed by atoms with E-state index in [0.29, 0.717) is 57.9 Å². The van der Waals surface area contributed by atoms with Crippen molar-refractivity contribution < 1.29 is 18.7 Å². The molecule has 0 radical (unpaired) electrons. The van der Waals surface area contributed by atoms with Crippen LogP contribution in [0.1, 0.15) is 38.6 Å². The van der Waals surface area contributed by atoms with E-state index in [0.717, 1.165) is 35.5 Å². The van der Waals surface area contributed by atoms with Crippen molar-refractivity contribution in [1.82, 2.24) is 40.1 Å². The molecule has 66 heavy (non-hydrogen) atoms. The van der Waals surface area contributed by atoms with Gasteiger partial charge in [-0.25, -0.2) is 19.1 Å². The summed E-state index contributed by atoms with van der Waals surface area (Å²) in [6.07, 6.45) is 4.26. The number of hydrogen-bond acceptors (Lipinski definition) is 13. The minimum atomic E-state index is -0.346. The van der Waals surface area contributed by atoms with Crippen LogP contribution >= 0.6 is 58.0 Å². The van der Waals surface area contributed by atoms with Crippen molar-refractivity contribution in [2.45, 2.75) is 34.7 Å². The average molecular weight is 999 g/mol. The molecule has 0 fully saturated rings. The Morgan fingerprint density at radius 1 is 0.788 bits per heavy atom. The van der Waals surface area contributed by atoms with Crippen molar-refractivity contribution in [2.75, 3.05) is 40.1 Å². The first-order valence-electron chi connectivity index (χ1n) is 18.7. The van der Waals surface area contributed by atoms with Crippen LogP contribution in [-0.2, 0) is 11.3 Å². The summed E-state index contributed by atoms with van der Waals surface area (Å²) < 4.78 is 19.0. The van der Waals surface area contributed by atoms with E-state index in [1.165, 1.54) is 36.7 Å². The van der Waals surface area contributed by atoms with Crippen LogP contribution in [0.4, 0.5) is 38.5 Å². The van der Waals surface area contributed by atoms with Gasteiger partial charge < -0.3 is 31.0 Å². The van der Waals surface area contributed by atoms with Gasteiger partial charge in [0.05, 0.1) is 70.7 Å². The number of alkyl halides is 2. The maximum atomic E-state index is 12.6. The number of nitrogens with one attached hydrogen (secondary N) is 3. The summed E-state index contributed by atoms with van der Waals surface area (Å²) in [7, 11) is 0. The van der Waals surface area contributed by atoms with Crippen LogP contribution in [0.25, 0.3) is 32.1 Å². The fourth-order valence-corrected chi connectivity index (χ4v) is 5.68. The van der Waals surface area contributed by atoms with Gasteiger partial charge in [-0.3, -0.25) is 9.59 Å². The van der Waals surface area contributed by atoms with Gasteiger partial charge in [-0.15, -0.1) is 38.5 Å². The summed E-state index contributed by atoms with van der Waals surface area (Å²) in [6, 6.07) is 19.3. The second-order valence-corrected chi connectivity index (χ2v) is 14.1. The van der Waals surface area contributed by atoms with E-state index in [1.54, 1.807) is 42.6 Å². The molecule has 0 saturated heterocycles. The SMILES string of the molecule is C.CCNc1cc(F)ccc1N.ClCCl.O=COc1cnnc(Cl)c1.[C-]#[N+]c1ccc(NC(=O)c2cnnc(Cl)c2)c(NCC)c1.[C-]#[N+]c1ccc2nc(-c3cnnc(Cl)c3)n(CC)c2c1. The third-order valence-corrected chi connectivity index (χ3v) is 8.42. The topological polar surface area (TPSA) is 209 Å². The first kappa shape index (κ1) is 55.2. The summed E-state index contributed by atoms with van der Waals surface area (Å²) in [5.74, 6) is 0.452. The number of rotatable bonds is 10. The predicted molar refractivity (Wildman–Crippen MR) is 262 cm³/mol. The van der Waals surface area contributed by atoms with Gasteiger partial charge in [0.15, 0.2) is 32.6 Å². The van der Waals surface area contributed by atoms with E-state index in [9.17, 15) is 14.0 Å². The van der Waals surface area contributed by atoms with Gasteiger partial charge in [0.25, 0.3) is 12.4 Å². The third-order valence-electron chi connectivity index (χ3n) is 7.86. The zero-order valence-corrected chi connectivity index (χ0v) is 38.4. The zero-order chi connectivity index (χ0) is 47.7. The largest absolute Gasteiger partial charge is 0.427 e. The summed E-state index contributed by atoms with van der Waals surface area (Å²) >= 11 is 26.5. The number of hydrogen-bond donors (Lipinski definition) is 4. The monoisotopic (exact) mass is 996 g/mol. The lowest BCUT2D eigenvalue weighted by atomic mass is 10.2. The number of ether oxygens (including phenoxy) is 1. The van der Waals surface area contributed by atoms with Gasteiger partial charge >= 0.3 is 0 Å². The second kappa shape index (κ2) is 29.5. The molecule has 3 aromatic carbocycles. The van der Waals surface area contributed by atoms with Gasteiger partial charge in [-0.2, -0.15) is 15.3 Å². The number of anilines is 4. The van der Waals surface area contributed by atoms with Gasteiger partial charge in [-0.05, 0) is 75.4 Å². The fraction of sp³-hybridized carbons (Fsp3) is 0.186. The number of carbonyl (C=O) groups excluding carboxylic acids is 2. The molecule has 7 rings (SSSR count). The minimum Gasteiger partial charge on any atom is -0.427 e. The third kappa shape index (κ3) is 17.6. The van der Waals surface area contributed by atoms with Gasteiger partial charge in [0, 0.05) is 37.0 Å². The molecule has 0 aliphatic carbocycles. The van der Waals surface area contributed by atoms with Crippen molar-refractivity contribution in [1.29, 1.82) is 0 Å². The molecule has 344 valence electrons. The first-order valence-corrected chi connectivity index (χ1v) is 21.0. The van der Waals surface area contributed by atoms with Crippen molar-refractivity contribution in [3.63, 3.8) is 0 Å². The van der Waals surface area contributed by atoms with E-state index in [2.05, 4.69) is 66.0 Å². The Hall–Kier alpha value is -6.93. The quantitative estimate of drug-likeness (QED) is 0.0436. The highest BCUT2D eigenvalue weighted by Crippen LogP contribution is 2.29. The predicted octanol–water partition coefficient (Wildman–Crippen LogP) is 11.6. The lowest BCUT2D eigenvalue weighted by molar-refractivity contribution is -0.120. The highest BCUT2D eigenvalue weighted by Gasteiger charge is 2.14. The highest BCUT2D eigenvalue weighted by atomic mass is 35.5. The Morgan fingerprint density at radius 3 is 1.97 bits per heavy atom. The molecule has 0 unspecified atom stereocenters. The number of nitrogens with zero attached hydrogens (tertiary/aromatic N) is 10. The maximum Gasteiger partial charge on any atom is 0.298 e. The average Bonchev–Trinajstić information content (AvgIpc) is 3.67.